The number of hydrogen-bond acceptors (Lipinski definition) is 4. The van der Waals surface area contributed by atoms with E-state index in [0.717, 1.165) is 36.9 Å². The van der Waals surface area contributed by atoms with Crippen LogP contribution in [0.3, 0.4) is 0 Å². The molecule has 5 rings (SSSR count). The zero-order valence-corrected chi connectivity index (χ0v) is 16.3. The molecular formula is C23H25N3O3. The monoisotopic (exact) mass is 391 g/mol. The lowest BCUT2D eigenvalue weighted by Crippen LogP contribution is -2.71. The maximum absolute atomic E-state index is 13.3. The predicted molar refractivity (Wildman–Crippen MR) is 109 cm³/mol. The van der Waals surface area contributed by atoms with Crippen LogP contribution in [0.2, 0.25) is 0 Å². The Morgan fingerprint density at radius 2 is 1.90 bits per heavy atom. The summed E-state index contributed by atoms with van der Waals surface area (Å²) in [6.07, 6.45) is 7.28. The lowest BCUT2D eigenvalue weighted by Gasteiger charge is -2.59. The molecule has 6 nitrogen and oxygen atoms in total. The van der Waals surface area contributed by atoms with Crippen LogP contribution in [0.4, 0.5) is 5.69 Å². The summed E-state index contributed by atoms with van der Waals surface area (Å²) in [6.45, 7) is 0.398. The number of pyridine rings is 1. The topological polar surface area (TPSA) is 73.7 Å². The number of hydrogen-bond donors (Lipinski definition) is 1. The highest BCUT2D eigenvalue weighted by Crippen LogP contribution is 2.49. The second-order valence-electron chi connectivity index (χ2n) is 8.29. The molecule has 2 aromatic rings. The van der Waals surface area contributed by atoms with Gasteiger partial charge in [-0.25, -0.2) is 0 Å². The fraction of sp³-hybridized carbons (Fsp3) is 0.435. The number of amides is 2. The van der Waals surface area contributed by atoms with Crippen molar-refractivity contribution in [2.75, 3.05) is 18.1 Å². The summed E-state index contributed by atoms with van der Waals surface area (Å²) in [5.41, 5.74) is 2.44. The van der Waals surface area contributed by atoms with E-state index >= 15 is 0 Å². The van der Waals surface area contributed by atoms with E-state index in [-0.39, 0.29) is 42.3 Å². The van der Waals surface area contributed by atoms with Crippen LogP contribution in [0.5, 0.6) is 0 Å². The van der Waals surface area contributed by atoms with Crippen molar-refractivity contribution in [1.82, 2.24) is 9.88 Å². The van der Waals surface area contributed by atoms with Crippen LogP contribution in [0, 0.1) is 5.92 Å². The Bertz CT molecular complexity index is 926. The standard InChI is InChI=1S/C23H25N3O3/c27-14-20-21-17-9-3-4-10-18(17)25(22(28)16-8-5-11-24-12-16)13-19(21)26(20)23(29)15-6-1-2-7-15/h3-5,8-12,15,19-21,27H,1-2,6-7,13-14H2/t19-,20-,21+/m1/s1. The fourth-order valence-electron chi connectivity index (χ4n) is 5.41. The maximum atomic E-state index is 13.3. The third kappa shape index (κ3) is 2.85. The van der Waals surface area contributed by atoms with Crippen LogP contribution in [-0.4, -0.2) is 52.0 Å². The Morgan fingerprint density at radius 3 is 2.62 bits per heavy atom. The average Bonchev–Trinajstić information content (AvgIpc) is 3.29. The second kappa shape index (κ2) is 7.26. The number of carbonyl (C=O) groups is 2. The molecule has 1 saturated heterocycles. The quantitative estimate of drug-likeness (QED) is 0.873. The minimum absolute atomic E-state index is 0.0511. The molecule has 6 heteroatoms. The number of para-hydroxylation sites is 1. The summed E-state index contributed by atoms with van der Waals surface area (Å²) in [7, 11) is 0. The normalized spacial score (nSPS) is 25.9. The van der Waals surface area contributed by atoms with Gasteiger partial charge in [-0.05, 0) is 36.6 Å². The molecule has 0 radical (unpaired) electrons. The summed E-state index contributed by atoms with van der Waals surface area (Å²) in [5, 5.41) is 10.1. The van der Waals surface area contributed by atoms with Crippen molar-refractivity contribution in [2.45, 2.75) is 43.7 Å². The molecule has 2 amide bonds. The van der Waals surface area contributed by atoms with E-state index in [1.807, 2.05) is 29.2 Å². The molecule has 150 valence electrons. The highest BCUT2D eigenvalue weighted by atomic mass is 16.3. The van der Waals surface area contributed by atoms with Crippen molar-refractivity contribution in [2.24, 2.45) is 5.92 Å². The molecule has 1 aromatic heterocycles. The van der Waals surface area contributed by atoms with E-state index in [0.29, 0.717) is 12.1 Å². The minimum atomic E-state index is -0.204. The Hall–Kier alpha value is -2.73. The van der Waals surface area contributed by atoms with Gasteiger partial charge in [0.1, 0.15) is 0 Å². The first-order valence-corrected chi connectivity index (χ1v) is 10.4. The third-order valence-electron chi connectivity index (χ3n) is 6.80. The van der Waals surface area contributed by atoms with Gasteiger partial charge in [-0.15, -0.1) is 0 Å². The van der Waals surface area contributed by atoms with Crippen LogP contribution in [-0.2, 0) is 4.79 Å². The van der Waals surface area contributed by atoms with E-state index in [4.69, 9.17) is 0 Å². The van der Waals surface area contributed by atoms with Gasteiger partial charge in [-0.1, -0.05) is 31.0 Å². The van der Waals surface area contributed by atoms with Crippen molar-refractivity contribution in [3.63, 3.8) is 0 Å². The zero-order chi connectivity index (χ0) is 20.0. The molecule has 1 aliphatic carbocycles. The highest BCUT2D eigenvalue weighted by molar-refractivity contribution is 6.07. The SMILES string of the molecule is O=C(c1cccnc1)N1C[C@@H]2[C@H](c3ccccc31)[C@@H](CO)N2C(=O)C1CCCC1. The van der Waals surface area contributed by atoms with Gasteiger partial charge in [0.05, 0.1) is 24.3 Å². The van der Waals surface area contributed by atoms with Crippen LogP contribution < -0.4 is 4.90 Å². The maximum Gasteiger partial charge on any atom is 0.259 e. The second-order valence-corrected chi connectivity index (χ2v) is 8.29. The first kappa shape index (κ1) is 18.3. The van der Waals surface area contributed by atoms with Crippen LogP contribution in [0.15, 0.2) is 48.8 Å². The predicted octanol–water partition coefficient (Wildman–Crippen LogP) is 2.59. The molecular weight excluding hydrogens is 366 g/mol. The number of aromatic nitrogens is 1. The molecule has 29 heavy (non-hydrogen) atoms. The first-order valence-electron chi connectivity index (χ1n) is 10.4. The minimum Gasteiger partial charge on any atom is -0.394 e. The van der Waals surface area contributed by atoms with Crippen molar-refractivity contribution in [1.29, 1.82) is 0 Å². The van der Waals surface area contributed by atoms with Crippen LogP contribution in [0.1, 0.15) is 47.5 Å². The van der Waals surface area contributed by atoms with E-state index in [9.17, 15) is 14.7 Å². The van der Waals surface area contributed by atoms with E-state index in [1.54, 1.807) is 29.4 Å². The number of aliphatic hydroxyl groups is 1. The van der Waals surface area contributed by atoms with Crippen molar-refractivity contribution in [3.05, 3.63) is 59.9 Å². The van der Waals surface area contributed by atoms with Gasteiger partial charge in [0, 0.05) is 36.5 Å². The highest BCUT2D eigenvalue weighted by Gasteiger charge is 2.56. The molecule has 0 unspecified atom stereocenters. The zero-order valence-electron chi connectivity index (χ0n) is 16.3. The Morgan fingerprint density at radius 1 is 1.10 bits per heavy atom. The number of aliphatic hydroxyl groups excluding tert-OH is 1. The summed E-state index contributed by atoms with van der Waals surface area (Å²) in [4.78, 5) is 34.2. The van der Waals surface area contributed by atoms with Gasteiger partial charge in [0.15, 0.2) is 0 Å². The van der Waals surface area contributed by atoms with Gasteiger partial charge >= 0.3 is 0 Å². The summed E-state index contributed by atoms with van der Waals surface area (Å²) in [5.74, 6) is 0.171. The van der Waals surface area contributed by atoms with Crippen molar-refractivity contribution >= 4 is 17.5 Å². The smallest absolute Gasteiger partial charge is 0.259 e. The van der Waals surface area contributed by atoms with Crippen LogP contribution >= 0.6 is 0 Å². The molecule has 3 aliphatic rings. The van der Waals surface area contributed by atoms with E-state index in [1.165, 1.54) is 0 Å². The van der Waals surface area contributed by atoms with Gasteiger partial charge in [0.2, 0.25) is 5.91 Å². The number of carbonyl (C=O) groups excluding carboxylic acids is 2. The molecule has 3 heterocycles. The number of likely N-dealkylation sites (tertiary alicyclic amines) is 1. The summed E-state index contributed by atoms with van der Waals surface area (Å²) in [6, 6.07) is 11.1. The fourth-order valence-corrected chi connectivity index (χ4v) is 5.41. The van der Waals surface area contributed by atoms with Gasteiger partial charge in [0.25, 0.3) is 5.91 Å². The lowest BCUT2D eigenvalue weighted by molar-refractivity contribution is -0.154. The number of benzene rings is 1. The van der Waals surface area contributed by atoms with Crippen LogP contribution in [0.25, 0.3) is 0 Å². The number of rotatable bonds is 3. The number of fused-ring (bicyclic) bond motifs is 3. The van der Waals surface area contributed by atoms with Gasteiger partial charge in [-0.3, -0.25) is 14.6 Å². The van der Waals surface area contributed by atoms with E-state index in [2.05, 4.69) is 4.98 Å². The molecule has 1 N–H and O–H groups in total. The number of anilines is 1. The molecule has 1 aromatic carbocycles. The van der Waals surface area contributed by atoms with Crippen molar-refractivity contribution < 1.29 is 14.7 Å². The third-order valence-corrected chi connectivity index (χ3v) is 6.80. The van der Waals surface area contributed by atoms with Gasteiger partial charge < -0.3 is 14.9 Å². The molecule has 3 atom stereocenters. The Kier molecular flexibility index (Phi) is 4.59. The first-order chi connectivity index (χ1) is 14.2. The Balaban J connectivity index is 1.50. The number of nitrogens with zero attached hydrogens (tertiary/aromatic N) is 3. The van der Waals surface area contributed by atoms with Crippen molar-refractivity contribution in [3.8, 4) is 0 Å². The molecule has 1 saturated carbocycles. The molecule has 2 aliphatic heterocycles. The summed E-state index contributed by atoms with van der Waals surface area (Å²) < 4.78 is 0. The summed E-state index contributed by atoms with van der Waals surface area (Å²) >= 11 is 0. The molecule has 0 spiro atoms. The average molecular weight is 391 g/mol. The lowest BCUT2D eigenvalue weighted by atomic mass is 9.71. The largest absolute Gasteiger partial charge is 0.394 e. The molecule has 2 fully saturated rings. The molecule has 0 bridgehead atoms. The van der Waals surface area contributed by atoms with E-state index < -0.39 is 0 Å². The Labute approximate surface area is 170 Å². The van der Waals surface area contributed by atoms with Gasteiger partial charge in [-0.2, -0.15) is 0 Å².